The van der Waals surface area contributed by atoms with Crippen molar-refractivity contribution >= 4 is 5.91 Å². The number of carbonyl (C=O) groups is 1. The Labute approximate surface area is 154 Å². The summed E-state index contributed by atoms with van der Waals surface area (Å²) in [7, 11) is 6.08. The molecule has 1 amide bonds. The topological polar surface area (TPSA) is 70.1 Å². The summed E-state index contributed by atoms with van der Waals surface area (Å²) in [4.78, 5) is 17.3. The number of nitrogens with zero attached hydrogens (tertiary/aromatic N) is 5. The largest absolute Gasteiger partial charge is 0.340 e. The second kappa shape index (κ2) is 6.87. The van der Waals surface area contributed by atoms with Crippen LogP contribution < -0.4 is 0 Å². The van der Waals surface area contributed by atoms with E-state index in [-0.39, 0.29) is 11.9 Å². The maximum Gasteiger partial charge on any atom is 0.274 e. The summed E-state index contributed by atoms with van der Waals surface area (Å²) < 4.78 is 1.96. The normalized spacial score (nSPS) is 23.2. The molecule has 2 aliphatic rings. The van der Waals surface area contributed by atoms with Crippen molar-refractivity contribution in [1.29, 1.82) is 0 Å². The minimum atomic E-state index is 0.0429. The quantitative estimate of drug-likeness (QED) is 0.907. The van der Waals surface area contributed by atoms with Crippen LogP contribution in [0.25, 0.3) is 0 Å². The fourth-order valence-electron chi connectivity index (χ4n) is 4.70. The highest BCUT2D eigenvalue weighted by atomic mass is 16.2. The van der Waals surface area contributed by atoms with Gasteiger partial charge in [-0.25, -0.2) is 0 Å². The van der Waals surface area contributed by atoms with Crippen LogP contribution in [0.15, 0.2) is 12.3 Å². The maximum atomic E-state index is 13.0. The van der Waals surface area contributed by atoms with Gasteiger partial charge in [0.25, 0.3) is 5.91 Å². The third-order valence-corrected chi connectivity index (χ3v) is 6.03. The minimum absolute atomic E-state index is 0.0429. The van der Waals surface area contributed by atoms with Crippen LogP contribution in [0.5, 0.6) is 0 Å². The van der Waals surface area contributed by atoms with E-state index in [2.05, 4.69) is 33.3 Å². The van der Waals surface area contributed by atoms with Crippen molar-refractivity contribution in [2.45, 2.75) is 38.1 Å². The summed E-state index contributed by atoms with van der Waals surface area (Å²) in [6.45, 7) is 1.82. The molecule has 7 nitrogen and oxygen atoms in total. The maximum absolute atomic E-state index is 13.0. The Kier molecular flexibility index (Phi) is 4.56. The zero-order valence-electron chi connectivity index (χ0n) is 15.9. The average molecular weight is 356 g/mol. The molecule has 0 bridgehead atoms. The van der Waals surface area contributed by atoms with Gasteiger partial charge in [0, 0.05) is 38.1 Å². The fraction of sp³-hybridized carbons (Fsp3) is 0.632. The molecule has 1 aliphatic carbocycles. The molecule has 1 aliphatic heterocycles. The molecule has 0 radical (unpaired) electrons. The Morgan fingerprint density at radius 1 is 1.35 bits per heavy atom. The number of piperidine rings is 1. The van der Waals surface area contributed by atoms with Crippen molar-refractivity contribution in [1.82, 2.24) is 29.8 Å². The molecule has 3 heterocycles. The summed E-state index contributed by atoms with van der Waals surface area (Å²) >= 11 is 0. The predicted octanol–water partition coefficient (Wildman–Crippen LogP) is 1.79. The first-order valence-corrected chi connectivity index (χ1v) is 9.56. The van der Waals surface area contributed by atoms with Gasteiger partial charge in [0.2, 0.25) is 0 Å². The molecule has 0 unspecified atom stereocenters. The number of aromatic nitrogens is 4. The molecule has 1 N–H and O–H groups in total. The van der Waals surface area contributed by atoms with E-state index in [4.69, 9.17) is 0 Å². The van der Waals surface area contributed by atoms with Crippen molar-refractivity contribution in [3.8, 4) is 0 Å². The number of amides is 1. The second-order valence-electron chi connectivity index (χ2n) is 7.78. The number of hydrogen-bond donors (Lipinski definition) is 1. The average Bonchev–Trinajstić information content (AvgIpc) is 3.31. The number of aromatic amines is 1. The molecule has 7 heteroatoms. The Hall–Kier alpha value is -2.15. The van der Waals surface area contributed by atoms with Crippen LogP contribution in [0, 0.1) is 5.92 Å². The molecule has 0 spiro atoms. The van der Waals surface area contributed by atoms with E-state index in [1.165, 1.54) is 5.69 Å². The van der Waals surface area contributed by atoms with Crippen LogP contribution in [0.1, 0.15) is 52.7 Å². The second-order valence-corrected chi connectivity index (χ2v) is 7.78. The Morgan fingerprint density at radius 3 is 2.96 bits per heavy atom. The Balaban J connectivity index is 1.52. The van der Waals surface area contributed by atoms with E-state index in [0.717, 1.165) is 56.5 Å². The lowest BCUT2D eigenvalue weighted by molar-refractivity contribution is 0.0625. The van der Waals surface area contributed by atoms with Gasteiger partial charge < -0.3 is 4.90 Å². The molecule has 4 rings (SSSR count). The summed E-state index contributed by atoms with van der Waals surface area (Å²) in [5.41, 5.74) is 4.12. The molecular weight excluding hydrogens is 328 g/mol. The van der Waals surface area contributed by atoms with Crippen molar-refractivity contribution in [2.75, 3.05) is 27.2 Å². The highest BCUT2D eigenvalue weighted by Gasteiger charge is 2.34. The number of H-pyrrole nitrogens is 1. The van der Waals surface area contributed by atoms with Gasteiger partial charge in [0.15, 0.2) is 5.69 Å². The Bertz CT molecular complexity index is 794. The van der Waals surface area contributed by atoms with Crippen LogP contribution in [0.2, 0.25) is 0 Å². The van der Waals surface area contributed by atoms with Crippen LogP contribution in [0.3, 0.4) is 0 Å². The van der Waals surface area contributed by atoms with Crippen LogP contribution in [-0.2, 0) is 19.9 Å². The number of aryl methyl sites for hydroxylation is 2. The fourth-order valence-corrected chi connectivity index (χ4v) is 4.70. The van der Waals surface area contributed by atoms with Crippen molar-refractivity contribution < 1.29 is 4.79 Å². The van der Waals surface area contributed by atoms with E-state index in [0.29, 0.717) is 11.6 Å². The summed E-state index contributed by atoms with van der Waals surface area (Å²) in [5.74, 6) is 0.437. The zero-order chi connectivity index (χ0) is 18.3. The molecular formula is C19H28N6O. The monoisotopic (exact) mass is 356 g/mol. The molecule has 0 saturated carbocycles. The van der Waals surface area contributed by atoms with Crippen molar-refractivity contribution in [3.05, 3.63) is 34.9 Å². The van der Waals surface area contributed by atoms with Crippen LogP contribution in [0.4, 0.5) is 0 Å². The van der Waals surface area contributed by atoms with E-state index >= 15 is 0 Å². The molecule has 2 aromatic rings. The summed E-state index contributed by atoms with van der Waals surface area (Å²) in [5, 5.41) is 11.7. The lowest BCUT2D eigenvalue weighted by Gasteiger charge is -2.40. The molecule has 2 aromatic heterocycles. The van der Waals surface area contributed by atoms with Gasteiger partial charge >= 0.3 is 0 Å². The van der Waals surface area contributed by atoms with Crippen molar-refractivity contribution in [3.63, 3.8) is 0 Å². The van der Waals surface area contributed by atoms with E-state index in [1.807, 2.05) is 29.9 Å². The highest BCUT2D eigenvalue weighted by molar-refractivity contribution is 5.94. The lowest BCUT2D eigenvalue weighted by Crippen LogP contribution is -2.43. The number of fused-ring (bicyclic) bond motifs is 1. The minimum Gasteiger partial charge on any atom is -0.340 e. The molecule has 0 aromatic carbocycles. The molecule has 2 atom stereocenters. The molecule has 26 heavy (non-hydrogen) atoms. The predicted molar refractivity (Wildman–Crippen MR) is 98.9 cm³/mol. The number of carbonyl (C=O) groups excluding carboxylic acids is 1. The number of hydrogen-bond acceptors (Lipinski definition) is 4. The standard InChI is InChI=1S/C19H28N6O/c1-23-11-5-6-13(18(23)16-9-10-20-25(16)3)12-24(2)19(26)17-14-7-4-8-15(14)21-22-17/h9-10,13,18H,4-8,11-12H2,1-3H3,(H,21,22)/t13-,18+/m0/s1. The van der Waals surface area contributed by atoms with Gasteiger partial charge in [0.1, 0.15) is 0 Å². The first kappa shape index (κ1) is 17.3. The van der Waals surface area contributed by atoms with E-state index < -0.39 is 0 Å². The highest BCUT2D eigenvalue weighted by Crippen LogP contribution is 2.35. The van der Waals surface area contributed by atoms with Crippen LogP contribution in [-0.4, -0.2) is 62.9 Å². The van der Waals surface area contributed by atoms with Gasteiger partial charge in [0.05, 0.1) is 11.7 Å². The summed E-state index contributed by atoms with van der Waals surface area (Å²) in [6.07, 6.45) is 7.23. The van der Waals surface area contributed by atoms with Gasteiger partial charge in [-0.15, -0.1) is 0 Å². The number of likely N-dealkylation sites (tertiary alicyclic amines) is 1. The zero-order valence-corrected chi connectivity index (χ0v) is 15.9. The first-order valence-electron chi connectivity index (χ1n) is 9.56. The molecule has 1 fully saturated rings. The first-order chi connectivity index (χ1) is 12.6. The number of nitrogens with one attached hydrogen (secondary N) is 1. The van der Waals surface area contributed by atoms with Crippen LogP contribution >= 0.6 is 0 Å². The SMILES string of the molecule is CN(C[C@@H]1CCCN(C)[C@H]1c1ccnn1C)C(=O)c1n[nH]c2c1CCC2. The smallest absolute Gasteiger partial charge is 0.274 e. The Morgan fingerprint density at radius 2 is 2.19 bits per heavy atom. The van der Waals surface area contributed by atoms with Crippen molar-refractivity contribution in [2.24, 2.45) is 13.0 Å². The lowest BCUT2D eigenvalue weighted by atomic mass is 9.87. The molecule has 140 valence electrons. The summed E-state index contributed by atoms with van der Waals surface area (Å²) in [6, 6.07) is 2.39. The van der Waals surface area contributed by atoms with Gasteiger partial charge in [-0.1, -0.05) is 0 Å². The van der Waals surface area contributed by atoms with Gasteiger partial charge in [-0.2, -0.15) is 10.2 Å². The number of rotatable bonds is 4. The van der Waals surface area contributed by atoms with E-state index in [9.17, 15) is 4.79 Å². The van der Waals surface area contributed by atoms with Gasteiger partial charge in [-0.3, -0.25) is 19.5 Å². The molecule has 1 saturated heterocycles. The third-order valence-electron chi connectivity index (χ3n) is 6.03. The third kappa shape index (κ3) is 2.94. The van der Waals surface area contributed by atoms with E-state index in [1.54, 1.807) is 0 Å². The van der Waals surface area contributed by atoms with Gasteiger partial charge in [-0.05, 0) is 57.7 Å².